The van der Waals surface area contributed by atoms with E-state index >= 15 is 0 Å². The fourth-order valence-electron chi connectivity index (χ4n) is 2.07. The minimum Gasteiger partial charge on any atom is -0.375 e. The minimum atomic E-state index is -0.452. The lowest BCUT2D eigenvalue weighted by Crippen LogP contribution is -1.88. The summed E-state index contributed by atoms with van der Waals surface area (Å²) in [5.74, 6) is 0. The molecule has 0 saturated carbocycles. The first-order valence-electron chi connectivity index (χ1n) is 7.02. The van der Waals surface area contributed by atoms with Gasteiger partial charge in [-0.05, 0) is 19.1 Å². The van der Waals surface area contributed by atoms with Gasteiger partial charge in [0, 0.05) is 17.7 Å². The molecule has 0 amide bonds. The average molecular weight is 339 g/mol. The van der Waals surface area contributed by atoms with E-state index < -0.39 is 4.92 Å². The molecule has 2 aromatic carbocycles. The molecule has 2 N–H and O–H groups in total. The van der Waals surface area contributed by atoms with Gasteiger partial charge in [-0.25, -0.2) is 4.98 Å². The van der Waals surface area contributed by atoms with Crippen LogP contribution in [0.25, 0.3) is 11.3 Å². The molecule has 1 aromatic heterocycles. The van der Waals surface area contributed by atoms with E-state index in [0.29, 0.717) is 27.1 Å². The summed E-state index contributed by atoms with van der Waals surface area (Å²) in [4.78, 5) is 14.7. The predicted octanol–water partition coefficient (Wildman–Crippen LogP) is 5.02. The number of non-ortho nitro benzene ring substituents is 1. The number of anilines is 1. The lowest BCUT2D eigenvalue weighted by molar-refractivity contribution is -0.384. The third kappa shape index (κ3) is 3.44. The third-order valence-corrected chi connectivity index (χ3v) is 4.02. The molecule has 3 aromatic rings. The van der Waals surface area contributed by atoms with E-state index in [0.717, 1.165) is 5.56 Å². The minimum absolute atomic E-state index is 0.0134. The average Bonchev–Trinajstić information content (AvgIpc) is 2.95. The van der Waals surface area contributed by atoms with E-state index in [4.69, 9.17) is 5.73 Å². The van der Waals surface area contributed by atoms with Gasteiger partial charge in [0.15, 0.2) is 10.1 Å². The number of azo groups is 1. The van der Waals surface area contributed by atoms with Gasteiger partial charge in [-0.1, -0.05) is 41.2 Å². The van der Waals surface area contributed by atoms with Crippen LogP contribution < -0.4 is 5.73 Å². The Hall–Kier alpha value is -3.13. The van der Waals surface area contributed by atoms with Crippen molar-refractivity contribution >= 4 is 32.8 Å². The second kappa shape index (κ2) is 6.55. The highest BCUT2D eigenvalue weighted by atomic mass is 32.1. The summed E-state index contributed by atoms with van der Waals surface area (Å²) >= 11 is 1.18. The standard InChI is InChI=1S/C16H13N5O2S/c1-10-5-7-12(8-6-10)19-20-15-14(18-16(17)24-15)11-3-2-4-13(9-11)21(22)23/h2-9H,1H3,(H2,17,18). The number of hydrogen-bond acceptors (Lipinski definition) is 7. The number of aromatic nitrogens is 1. The molecule has 8 heteroatoms. The molecule has 0 saturated heterocycles. The summed E-state index contributed by atoms with van der Waals surface area (Å²) in [5.41, 5.74) is 8.66. The summed E-state index contributed by atoms with van der Waals surface area (Å²) in [6.07, 6.45) is 0. The molecule has 0 unspecified atom stereocenters. The number of nitrogens with two attached hydrogens (primary N) is 1. The van der Waals surface area contributed by atoms with Gasteiger partial charge >= 0.3 is 0 Å². The number of nitrogen functional groups attached to an aromatic ring is 1. The zero-order valence-corrected chi connectivity index (χ0v) is 13.5. The summed E-state index contributed by atoms with van der Waals surface area (Å²) < 4.78 is 0. The lowest BCUT2D eigenvalue weighted by Gasteiger charge is -1.98. The van der Waals surface area contributed by atoms with Gasteiger partial charge < -0.3 is 5.73 Å². The van der Waals surface area contributed by atoms with Crippen molar-refractivity contribution in [3.63, 3.8) is 0 Å². The molecule has 0 aliphatic rings. The quantitative estimate of drug-likeness (QED) is 0.409. The van der Waals surface area contributed by atoms with E-state index in [1.165, 1.54) is 23.5 Å². The fraction of sp³-hybridized carbons (Fsp3) is 0.0625. The maximum atomic E-state index is 10.9. The predicted molar refractivity (Wildman–Crippen MR) is 94.0 cm³/mol. The highest BCUT2D eigenvalue weighted by Gasteiger charge is 2.15. The Morgan fingerprint density at radius 2 is 1.92 bits per heavy atom. The smallest absolute Gasteiger partial charge is 0.270 e. The van der Waals surface area contributed by atoms with Crippen LogP contribution in [0.3, 0.4) is 0 Å². The zero-order chi connectivity index (χ0) is 17.1. The van der Waals surface area contributed by atoms with Gasteiger partial charge in [-0.2, -0.15) is 0 Å². The molecule has 1 heterocycles. The molecular weight excluding hydrogens is 326 g/mol. The molecule has 0 fully saturated rings. The largest absolute Gasteiger partial charge is 0.375 e. The Labute approximate surface area is 141 Å². The van der Waals surface area contributed by atoms with Crippen LogP contribution in [0, 0.1) is 17.0 Å². The Bertz CT molecular complexity index is 918. The summed E-state index contributed by atoms with van der Waals surface area (Å²) in [7, 11) is 0. The van der Waals surface area contributed by atoms with Crippen molar-refractivity contribution in [1.29, 1.82) is 0 Å². The van der Waals surface area contributed by atoms with Gasteiger partial charge in [0.25, 0.3) is 5.69 Å². The van der Waals surface area contributed by atoms with Crippen LogP contribution in [0.5, 0.6) is 0 Å². The second-order valence-electron chi connectivity index (χ2n) is 5.05. The van der Waals surface area contributed by atoms with Gasteiger partial charge in [-0.15, -0.1) is 10.2 Å². The second-order valence-corrected chi connectivity index (χ2v) is 6.06. The van der Waals surface area contributed by atoms with Gasteiger partial charge in [-0.3, -0.25) is 10.1 Å². The van der Waals surface area contributed by atoms with E-state index in [1.807, 2.05) is 31.2 Å². The number of nitrogens with zero attached hydrogens (tertiary/aromatic N) is 4. The normalized spacial score (nSPS) is 11.0. The number of hydrogen-bond donors (Lipinski definition) is 1. The van der Waals surface area contributed by atoms with Crippen molar-refractivity contribution in [2.45, 2.75) is 6.92 Å². The van der Waals surface area contributed by atoms with E-state index in [9.17, 15) is 10.1 Å². The Kier molecular flexibility index (Phi) is 4.30. The van der Waals surface area contributed by atoms with Gasteiger partial charge in [0.2, 0.25) is 0 Å². The number of rotatable bonds is 4. The molecule has 0 bridgehead atoms. The van der Waals surface area contributed by atoms with Crippen LogP contribution in [0.1, 0.15) is 5.56 Å². The third-order valence-electron chi connectivity index (χ3n) is 3.25. The molecule has 0 atom stereocenters. The van der Waals surface area contributed by atoms with E-state index in [2.05, 4.69) is 15.2 Å². The number of aryl methyl sites for hydroxylation is 1. The first-order valence-corrected chi connectivity index (χ1v) is 7.84. The maximum absolute atomic E-state index is 10.9. The topological polar surface area (TPSA) is 107 Å². The zero-order valence-electron chi connectivity index (χ0n) is 12.7. The highest BCUT2D eigenvalue weighted by molar-refractivity contribution is 7.19. The Morgan fingerprint density at radius 1 is 1.17 bits per heavy atom. The molecule has 120 valence electrons. The Morgan fingerprint density at radius 3 is 2.62 bits per heavy atom. The molecule has 0 spiro atoms. The molecule has 3 rings (SSSR count). The molecular formula is C16H13N5O2S. The number of benzene rings is 2. The lowest BCUT2D eigenvalue weighted by atomic mass is 10.1. The van der Waals surface area contributed by atoms with Gasteiger partial charge in [0.05, 0.1) is 10.6 Å². The van der Waals surface area contributed by atoms with Crippen LogP contribution in [-0.2, 0) is 0 Å². The fourth-order valence-corrected chi connectivity index (χ4v) is 2.74. The maximum Gasteiger partial charge on any atom is 0.270 e. The Balaban J connectivity index is 1.97. The van der Waals surface area contributed by atoms with Gasteiger partial charge in [0.1, 0.15) is 5.69 Å². The van der Waals surface area contributed by atoms with Crippen LogP contribution in [-0.4, -0.2) is 9.91 Å². The molecule has 0 aliphatic carbocycles. The molecule has 0 radical (unpaired) electrons. The number of nitro groups is 1. The summed E-state index contributed by atoms with van der Waals surface area (Å²) in [5, 5.41) is 20.2. The molecule has 7 nitrogen and oxygen atoms in total. The van der Waals surface area contributed by atoms with Crippen LogP contribution in [0.2, 0.25) is 0 Å². The van der Waals surface area contributed by atoms with Crippen molar-refractivity contribution < 1.29 is 4.92 Å². The number of nitro benzene ring substituents is 1. The van der Waals surface area contributed by atoms with Crippen LogP contribution in [0.4, 0.5) is 21.5 Å². The van der Waals surface area contributed by atoms with Crippen molar-refractivity contribution in [1.82, 2.24) is 4.98 Å². The van der Waals surface area contributed by atoms with Crippen LogP contribution in [0.15, 0.2) is 58.8 Å². The highest BCUT2D eigenvalue weighted by Crippen LogP contribution is 2.38. The SMILES string of the molecule is Cc1ccc(N=Nc2sc(N)nc2-c2cccc([N+](=O)[O-])c2)cc1. The van der Waals surface area contributed by atoms with Crippen molar-refractivity contribution in [3.05, 3.63) is 64.2 Å². The van der Waals surface area contributed by atoms with Crippen molar-refractivity contribution in [3.8, 4) is 11.3 Å². The summed E-state index contributed by atoms with van der Waals surface area (Å²) in [6.45, 7) is 1.99. The first-order chi connectivity index (χ1) is 11.5. The van der Waals surface area contributed by atoms with Crippen molar-refractivity contribution in [2.75, 3.05) is 5.73 Å². The molecule has 24 heavy (non-hydrogen) atoms. The monoisotopic (exact) mass is 339 g/mol. The van der Waals surface area contributed by atoms with E-state index in [1.54, 1.807) is 12.1 Å². The first kappa shape index (κ1) is 15.8. The molecule has 0 aliphatic heterocycles. The summed E-state index contributed by atoms with van der Waals surface area (Å²) in [6, 6.07) is 13.8. The number of thiazole rings is 1. The van der Waals surface area contributed by atoms with Crippen LogP contribution >= 0.6 is 11.3 Å². The van der Waals surface area contributed by atoms with Crippen molar-refractivity contribution in [2.24, 2.45) is 10.2 Å². The van der Waals surface area contributed by atoms with E-state index in [-0.39, 0.29) is 5.69 Å².